The molecule has 0 saturated carbocycles. The van der Waals surface area contributed by atoms with Gasteiger partial charge in [-0.3, -0.25) is 4.90 Å². The summed E-state index contributed by atoms with van der Waals surface area (Å²) < 4.78 is 0. The minimum absolute atomic E-state index is 0.365. The number of nitrogens with one attached hydrogen (secondary N) is 1. The molecule has 2 aliphatic rings. The summed E-state index contributed by atoms with van der Waals surface area (Å²) in [5, 5.41) is 3.68. The van der Waals surface area contributed by atoms with Gasteiger partial charge < -0.3 is 10.2 Å². The van der Waals surface area contributed by atoms with Crippen LogP contribution in [-0.4, -0.2) is 61.2 Å². The molecule has 0 aromatic rings. The monoisotopic (exact) mass is 281 g/mol. The van der Waals surface area contributed by atoms with E-state index in [2.05, 4.69) is 42.8 Å². The van der Waals surface area contributed by atoms with Crippen LogP contribution in [0.5, 0.6) is 0 Å². The first kappa shape index (κ1) is 16.3. The number of likely N-dealkylation sites (tertiary alicyclic amines) is 2. The summed E-state index contributed by atoms with van der Waals surface area (Å²) in [6, 6.07) is 1.49. The Labute approximate surface area is 126 Å². The Bertz CT molecular complexity index is 278. The molecule has 20 heavy (non-hydrogen) atoms. The van der Waals surface area contributed by atoms with Crippen molar-refractivity contribution < 1.29 is 0 Å². The fourth-order valence-corrected chi connectivity index (χ4v) is 3.82. The first-order chi connectivity index (χ1) is 9.50. The zero-order chi connectivity index (χ0) is 14.6. The molecule has 0 bridgehead atoms. The summed E-state index contributed by atoms with van der Waals surface area (Å²) >= 11 is 0. The first-order valence-electron chi connectivity index (χ1n) is 8.70. The van der Waals surface area contributed by atoms with Gasteiger partial charge in [0.1, 0.15) is 0 Å². The minimum atomic E-state index is 0.365. The van der Waals surface area contributed by atoms with Crippen LogP contribution in [0.25, 0.3) is 0 Å². The van der Waals surface area contributed by atoms with E-state index in [0.29, 0.717) is 11.5 Å². The lowest BCUT2D eigenvalue weighted by atomic mass is 9.84. The normalized spacial score (nSPS) is 27.3. The van der Waals surface area contributed by atoms with Gasteiger partial charge in [0, 0.05) is 18.6 Å². The average Bonchev–Trinajstić information content (AvgIpc) is 3.03. The Morgan fingerprint density at radius 3 is 2.45 bits per heavy atom. The molecule has 3 heteroatoms. The van der Waals surface area contributed by atoms with Crippen LogP contribution in [0, 0.1) is 5.41 Å². The van der Waals surface area contributed by atoms with E-state index in [1.54, 1.807) is 0 Å². The van der Waals surface area contributed by atoms with Gasteiger partial charge in [0.25, 0.3) is 0 Å². The van der Waals surface area contributed by atoms with Crippen molar-refractivity contribution in [2.75, 3.05) is 39.3 Å². The van der Waals surface area contributed by atoms with Gasteiger partial charge in [-0.2, -0.15) is 0 Å². The van der Waals surface area contributed by atoms with Crippen molar-refractivity contribution in [1.82, 2.24) is 15.1 Å². The van der Waals surface area contributed by atoms with Crippen molar-refractivity contribution in [2.24, 2.45) is 5.41 Å². The van der Waals surface area contributed by atoms with Crippen LogP contribution in [-0.2, 0) is 0 Å². The highest BCUT2D eigenvalue weighted by Gasteiger charge is 2.30. The van der Waals surface area contributed by atoms with Gasteiger partial charge in [0.2, 0.25) is 0 Å². The van der Waals surface area contributed by atoms with E-state index in [4.69, 9.17) is 0 Å². The molecular formula is C17H35N3. The van der Waals surface area contributed by atoms with Gasteiger partial charge in [-0.05, 0) is 63.8 Å². The molecule has 2 aliphatic heterocycles. The van der Waals surface area contributed by atoms with Crippen molar-refractivity contribution in [1.29, 1.82) is 0 Å². The van der Waals surface area contributed by atoms with E-state index >= 15 is 0 Å². The summed E-state index contributed by atoms with van der Waals surface area (Å²) in [5.41, 5.74) is 0.365. The molecule has 0 amide bonds. The lowest BCUT2D eigenvalue weighted by molar-refractivity contribution is 0.205. The smallest absolute Gasteiger partial charge is 0.0235 e. The van der Waals surface area contributed by atoms with Crippen LogP contribution in [0.3, 0.4) is 0 Å². The van der Waals surface area contributed by atoms with Crippen LogP contribution in [0.1, 0.15) is 53.4 Å². The quantitative estimate of drug-likeness (QED) is 0.807. The number of nitrogens with zero attached hydrogens (tertiary/aromatic N) is 2. The highest BCUT2D eigenvalue weighted by Crippen LogP contribution is 2.24. The Kier molecular flexibility index (Phi) is 5.88. The fraction of sp³-hybridized carbons (Fsp3) is 1.00. The van der Waals surface area contributed by atoms with Gasteiger partial charge in [-0.15, -0.1) is 0 Å². The van der Waals surface area contributed by atoms with E-state index in [-0.39, 0.29) is 0 Å². The second kappa shape index (κ2) is 7.24. The SMILES string of the molecule is CCNC(CCN1CCC(N2CCCC2)C1)C(C)(C)C. The topological polar surface area (TPSA) is 18.5 Å². The van der Waals surface area contributed by atoms with E-state index in [1.807, 2.05) is 0 Å². The second-order valence-electron chi connectivity index (χ2n) is 7.75. The zero-order valence-electron chi connectivity index (χ0n) is 14.1. The fourth-order valence-electron chi connectivity index (χ4n) is 3.82. The van der Waals surface area contributed by atoms with Crippen LogP contribution in [0.2, 0.25) is 0 Å². The highest BCUT2D eigenvalue weighted by molar-refractivity contribution is 4.87. The molecule has 2 unspecified atom stereocenters. The van der Waals surface area contributed by atoms with Crippen LogP contribution in [0.15, 0.2) is 0 Å². The van der Waals surface area contributed by atoms with E-state index in [1.165, 1.54) is 58.4 Å². The Morgan fingerprint density at radius 1 is 1.15 bits per heavy atom. The third-order valence-corrected chi connectivity index (χ3v) is 5.13. The van der Waals surface area contributed by atoms with E-state index < -0.39 is 0 Å². The molecule has 0 aromatic heterocycles. The van der Waals surface area contributed by atoms with Crippen molar-refractivity contribution in [3.8, 4) is 0 Å². The second-order valence-corrected chi connectivity index (χ2v) is 7.75. The Morgan fingerprint density at radius 2 is 1.85 bits per heavy atom. The molecule has 2 rings (SSSR count). The Balaban J connectivity index is 1.73. The maximum absolute atomic E-state index is 3.68. The molecule has 0 radical (unpaired) electrons. The first-order valence-corrected chi connectivity index (χ1v) is 8.70. The van der Waals surface area contributed by atoms with Gasteiger partial charge >= 0.3 is 0 Å². The van der Waals surface area contributed by atoms with Crippen LogP contribution < -0.4 is 5.32 Å². The van der Waals surface area contributed by atoms with Crippen molar-refractivity contribution in [3.63, 3.8) is 0 Å². The molecule has 118 valence electrons. The molecule has 2 heterocycles. The van der Waals surface area contributed by atoms with Gasteiger partial charge in [-0.25, -0.2) is 0 Å². The number of rotatable bonds is 6. The van der Waals surface area contributed by atoms with Crippen LogP contribution in [0.4, 0.5) is 0 Å². The largest absolute Gasteiger partial charge is 0.314 e. The van der Waals surface area contributed by atoms with E-state index in [0.717, 1.165) is 12.6 Å². The van der Waals surface area contributed by atoms with Crippen molar-refractivity contribution in [2.45, 2.75) is 65.5 Å². The van der Waals surface area contributed by atoms with Crippen molar-refractivity contribution >= 4 is 0 Å². The Hall–Kier alpha value is -0.120. The summed E-state index contributed by atoms with van der Waals surface area (Å²) in [6.45, 7) is 17.0. The number of hydrogen-bond acceptors (Lipinski definition) is 3. The van der Waals surface area contributed by atoms with Gasteiger partial charge in [-0.1, -0.05) is 27.7 Å². The third-order valence-electron chi connectivity index (χ3n) is 5.13. The molecule has 0 spiro atoms. The summed E-state index contributed by atoms with van der Waals surface area (Å²) in [4.78, 5) is 5.42. The predicted molar refractivity (Wildman–Crippen MR) is 87.2 cm³/mol. The van der Waals surface area contributed by atoms with Gasteiger partial charge in [0.05, 0.1) is 0 Å². The summed E-state index contributed by atoms with van der Waals surface area (Å²) in [5.74, 6) is 0. The molecule has 1 N–H and O–H groups in total. The standard InChI is InChI=1S/C17H35N3/c1-5-18-16(17(2,3)4)9-13-19-12-8-15(14-19)20-10-6-7-11-20/h15-16,18H,5-14H2,1-4H3. The van der Waals surface area contributed by atoms with Crippen LogP contribution >= 0.6 is 0 Å². The zero-order valence-corrected chi connectivity index (χ0v) is 14.1. The predicted octanol–water partition coefficient (Wildman–Crippen LogP) is 2.57. The third kappa shape index (κ3) is 4.44. The van der Waals surface area contributed by atoms with Gasteiger partial charge in [0.15, 0.2) is 0 Å². The molecule has 2 fully saturated rings. The highest BCUT2D eigenvalue weighted by atomic mass is 15.3. The maximum Gasteiger partial charge on any atom is 0.0235 e. The number of hydrogen-bond donors (Lipinski definition) is 1. The molecule has 3 nitrogen and oxygen atoms in total. The molecule has 2 saturated heterocycles. The lowest BCUT2D eigenvalue weighted by Crippen LogP contribution is -2.43. The average molecular weight is 281 g/mol. The minimum Gasteiger partial charge on any atom is -0.314 e. The molecule has 0 aliphatic carbocycles. The van der Waals surface area contributed by atoms with Crippen molar-refractivity contribution in [3.05, 3.63) is 0 Å². The summed E-state index contributed by atoms with van der Waals surface area (Å²) in [6.07, 6.45) is 5.51. The molecular weight excluding hydrogens is 246 g/mol. The maximum atomic E-state index is 3.68. The summed E-state index contributed by atoms with van der Waals surface area (Å²) in [7, 11) is 0. The molecule has 0 aromatic carbocycles. The molecule has 2 atom stereocenters. The lowest BCUT2D eigenvalue weighted by Gasteiger charge is -2.33. The van der Waals surface area contributed by atoms with E-state index in [9.17, 15) is 0 Å².